The number of alkyl halides is 3. The molecule has 0 bridgehead atoms. The minimum absolute atomic E-state index is 0.389. The topological polar surface area (TPSA) is 102 Å². The predicted octanol–water partition coefficient (Wildman–Crippen LogP) is 1.47. The zero-order chi connectivity index (χ0) is 15.6. The first-order chi connectivity index (χ1) is 9.82. The van der Waals surface area contributed by atoms with Crippen LogP contribution in [0.25, 0.3) is 0 Å². The molecule has 0 unspecified atom stereocenters. The minimum atomic E-state index is -4.61. The molecule has 0 radical (unpaired) electrons. The van der Waals surface area contributed by atoms with Crippen LogP contribution in [0.15, 0.2) is 33.4 Å². The number of nitrogens with two attached hydrogens (primary N) is 1. The largest absolute Gasteiger partial charge is 0.417 e. The SMILES string of the molecule is Cn1nnnc1Sc1ccc(C(F)(F)F)c(/C(N)=N/O)c1. The molecule has 0 atom stereocenters. The van der Waals surface area contributed by atoms with Gasteiger partial charge < -0.3 is 10.9 Å². The number of rotatable bonds is 3. The molecule has 0 saturated carbocycles. The molecule has 0 fully saturated rings. The van der Waals surface area contributed by atoms with E-state index >= 15 is 0 Å². The summed E-state index contributed by atoms with van der Waals surface area (Å²) in [6.45, 7) is 0. The Morgan fingerprint density at radius 3 is 2.67 bits per heavy atom. The average Bonchev–Trinajstić information content (AvgIpc) is 2.82. The van der Waals surface area contributed by atoms with Gasteiger partial charge in [-0.15, -0.1) is 5.10 Å². The van der Waals surface area contributed by atoms with Crippen LogP contribution >= 0.6 is 11.8 Å². The highest BCUT2D eigenvalue weighted by molar-refractivity contribution is 7.99. The molecule has 21 heavy (non-hydrogen) atoms. The molecular formula is C10H9F3N6OS. The van der Waals surface area contributed by atoms with E-state index < -0.39 is 23.1 Å². The number of nitrogens with zero attached hydrogens (tertiary/aromatic N) is 5. The molecule has 11 heteroatoms. The van der Waals surface area contributed by atoms with E-state index in [0.717, 1.165) is 23.9 Å². The molecule has 2 rings (SSSR count). The molecule has 1 heterocycles. The van der Waals surface area contributed by atoms with Crippen molar-refractivity contribution in [1.82, 2.24) is 20.2 Å². The lowest BCUT2D eigenvalue weighted by molar-refractivity contribution is -0.137. The van der Waals surface area contributed by atoms with Gasteiger partial charge in [-0.3, -0.25) is 0 Å². The quantitative estimate of drug-likeness (QED) is 0.384. The molecule has 1 aromatic heterocycles. The van der Waals surface area contributed by atoms with Crippen molar-refractivity contribution in [2.45, 2.75) is 16.2 Å². The van der Waals surface area contributed by atoms with Crippen molar-refractivity contribution < 1.29 is 18.4 Å². The molecule has 3 N–H and O–H groups in total. The van der Waals surface area contributed by atoms with Gasteiger partial charge in [0.2, 0.25) is 5.16 Å². The smallest absolute Gasteiger partial charge is 0.409 e. The van der Waals surface area contributed by atoms with Gasteiger partial charge in [0, 0.05) is 17.5 Å². The van der Waals surface area contributed by atoms with Gasteiger partial charge in [0.25, 0.3) is 0 Å². The Morgan fingerprint density at radius 2 is 2.14 bits per heavy atom. The molecule has 0 aliphatic rings. The van der Waals surface area contributed by atoms with Crippen molar-refractivity contribution in [1.29, 1.82) is 0 Å². The molecule has 0 spiro atoms. The van der Waals surface area contributed by atoms with Gasteiger partial charge in [0.1, 0.15) is 0 Å². The second-order valence-electron chi connectivity index (χ2n) is 3.88. The van der Waals surface area contributed by atoms with Gasteiger partial charge in [0.05, 0.1) is 5.56 Å². The number of benzene rings is 1. The van der Waals surface area contributed by atoms with Gasteiger partial charge in [-0.1, -0.05) is 5.16 Å². The van der Waals surface area contributed by atoms with Crippen LogP contribution in [0.1, 0.15) is 11.1 Å². The highest BCUT2D eigenvalue weighted by Gasteiger charge is 2.34. The van der Waals surface area contributed by atoms with Gasteiger partial charge >= 0.3 is 6.18 Å². The number of amidine groups is 1. The van der Waals surface area contributed by atoms with Crippen LogP contribution in [-0.2, 0) is 13.2 Å². The van der Waals surface area contributed by atoms with Gasteiger partial charge in [-0.2, -0.15) is 13.2 Å². The Balaban J connectivity index is 2.45. The first kappa shape index (κ1) is 15.1. The third-order valence-electron chi connectivity index (χ3n) is 2.47. The maximum atomic E-state index is 12.9. The summed E-state index contributed by atoms with van der Waals surface area (Å²) < 4.78 is 40.0. The summed E-state index contributed by atoms with van der Waals surface area (Å²) in [6.07, 6.45) is -4.61. The van der Waals surface area contributed by atoms with Gasteiger partial charge in [0.15, 0.2) is 5.84 Å². The van der Waals surface area contributed by atoms with Crippen LogP contribution in [0.3, 0.4) is 0 Å². The summed E-state index contributed by atoms with van der Waals surface area (Å²) >= 11 is 1.05. The first-order valence-corrected chi connectivity index (χ1v) is 6.24. The van der Waals surface area contributed by atoms with Crippen molar-refractivity contribution in [3.8, 4) is 0 Å². The zero-order valence-corrected chi connectivity index (χ0v) is 11.4. The summed E-state index contributed by atoms with van der Waals surface area (Å²) in [4.78, 5) is 0.419. The lowest BCUT2D eigenvalue weighted by atomic mass is 10.1. The van der Waals surface area contributed by atoms with Gasteiger partial charge in [-0.25, -0.2) is 4.68 Å². The number of hydrogen-bond acceptors (Lipinski definition) is 6. The minimum Gasteiger partial charge on any atom is -0.409 e. The summed E-state index contributed by atoms with van der Waals surface area (Å²) in [7, 11) is 1.59. The molecule has 0 aliphatic carbocycles. The Kier molecular flexibility index (Phi) is 4.02. The van der Waals surface area contributed by atoms with Crippen LogP contribution in [-0.4, -0.2) is 31.3 Å². The Bertz CT molecular complexity index is 684. The van der Waals surface area contributed by atoms with E-state index in [1.807, 2.05) is 0 Å². The normalized spacial score (nSPS) is 12.7. The maximum Gasteiger partial charge on any atom is 0.417 e. The fourth-order valence-corrected chi connectivity index (χ4v) is 2.28. The van der Waals surface area contributed by atoms with Crippen LogP contribution < -0.4 is 5.73 Å². The van der Waals surface area contributed by atoms with Crippen molar-refractivity contribution >= 4 is 17.6 Å². The summed E-state index contributed by atoms with van der Waals surface area (Å²) in [5, 5.41) is 22.4. The molecular weight excluding hydrogens is 309 g/mol. The number of aromatic nitrogens is 4. The Hall–Kier alpha value is -2.30. The first-order valence-electron chi connectivity index (χ1n) is 5.42. The summed E-state index contributed by atoms with van der Waals surface area (Å²) in [5.74, 6) is -0.624. The third kappa shape index (κ3) is 3.24. The fourth-order valence-electron chi connectivity index (χ4n) is 1.51. The Morgan fingerprint density at radius 1 is 1.43 bits per heavy atom. The number of hydrogen-bond donors (Lipinski definition) is 2. The highest BCUT2D eigenvalue weighted by atomic mass is 32.2. The zero-order valence-electron chi connectivity index (χ0n) is 10.5. The molecule has 1 aromatic carbocycles. The van der Waals surface area contributed by atoms with Gasteiger partial charge in [-0.05, 0) is 40.4 Å². The standard InChI is InChI=1S/C10H9F3N6OS/c1-19-9(15-17-18-19)21-5-2-3-7(10(11,12)13)6(4-5)8(14)16-20/h2-4,20H,1H3,(H2,14,16). The number of oxime groups is 1. The number of aryl methyl sites for hydroxylation is 1. The van der Waals surface area contributed by atoms with E-state index in [1.165, 1.54) is 10.7 Å². The average molecular weight is 318 g/mol. The predicted molar refractivity (Wildman–Crippen MR) is 66.9 cm³/mol. The molecule has 2 aromatic rings. The van der Waals surface area contributed by atoms with E-state index in [0.29, 0.717) is 10.1 Å². The molecule has 7 nitrogen and oxygen atoms in total. The van der Waals surface area contributed by atoms with Crippen LogP contribution in [0, 0.1) is 0 Å². The van der Waals surface area contributed by atoms with Crippen molar-refractivity contribution in [2.75, 3.05) is 0 Å². The number of tetrazole rings is 1. The van der Waals surface area contributed by atoms with E-state index in [2.05, 4.69) is 20.7 Å². The van der Waals surface area contributed by atoms with Crippen LogP contribution in [0.5, 0.6) is 0 Å². The van der Waals surface area contributed by atoms with Crippen LogP contribution in [0.2, 0.25) is 0 Å². The number of halogens is 3. The van der Waals surface area contributed by atoms with Crippen molar-refractivity contribution in [2.24, 2.45) is 17.9 Å². The molecule has 0 amide bonds. The second-order valence-corrected chi connectivity index (χ2v) is 4.92. The summed E-state index contributed by atoms with van der Waals surface area (Å²) in [6, 6.07) is 3.28. The van der Waals surface area contributed by atoms with Crippen LogP contribution in [0.4, 0.5) is 13.2 Å². The van der Waals surface area contributed by atoms with Crippen molar-refractivity contribution in [3.05, 3.63) is 29.3 Å². The monoisotopic (exact) mass is 318 g/mol. The van der Waals surface area contributed by atoms with E-state index in [-0.39, 0.29) is 0 Å². The Labute approximate surface area is 120 Å². The molecule has 0 aliphatic heterocycles. The maximum absolute atomic E-state index is 12.9. The lowest BCUT2D eigenvalue weighted by Crippen LogP contribution is -2.20. The highest BCUT2D eigenvalue weighted by Crippen LogP contribution is 2.35. The van der Waals surface area contributed by atoms with E-state index in [4.69, 9.17) is 10.9 Å². The van der Waals surface area contributed by atoms with E-state index in [1.54, 1.807) is 7.05 Å². The molecule has 112 valence electrons. The van der Waals surface area contributed by atoms with E-state index in [9.17, 15) is 13.2 Å². The summed E-state index contributed by atoms with van der Waals surface area (Å²) in [5.41, 5.74) is 3.91. The second kappa shape index (κ2) is 5.60. The lowest BCUT2D eigenvalue weighted by Gasteiger charge is -2.13. The third-order valence-corrected chi connectivity index (χ3v) is 3.49. The fraction of sp³-hybridized carbons (Fsp3) is 0.200. The molecule has 0 saturated heterocycles. The van der Waals surface area contributed by atoms with Crippen molar-refractivity contribution in [3.63, 3.8) is 0 Å².